The van der Waals surface area contributed by atoms with Gasteiger partial charge in [-0.05, 0) is 17.7 Å². The standard InChI is InChI=1S/C18H26O9/c1-23-11-7-10(8-12(24-2)17(11)25-3)5-4-6-26-18-16(22)15(21)14(20)13(9-19)27-18/h4-5,7-8,13-16,18-22H,6,9H2,1-3H3/b5-4+/t13-,14-,15+,16-,18-/m1/s1. The molecule has 0 amide bonds. The zero-order chi connectivity index (χ0) is 20.0. The molecule has 152 valence electrons. The van der Waals surface area contributed by atoms with E-state index in [1.165, 1.54) is 21.3 Å². The topological polar surface area (TPSA) is 127 Å². The van der Waals surface area contributed by atoms with Gasteiger partial charge in [0.2, 0.25) is 5.75 Å². The van der Waals surface area contributed by atoms with Gasteiger partial charge in [0.05, 0.1) is 34.5 Å². The Kier molecular flexibility index (Phi) is 7.84. The first-order valence-corrected chi connectivity index (χ1v) is 8.35. The maximum absolute atomic E-state index is 9.92. The molecule has 1 aromatic rings. The third kappa shape index (κ3) is 4.89. The van der Waals surface area contributed by atoms with Crippen molar-refractivity contribution in [3.8, 4) is 17.2 Å². The maximum atomic E-state index is 9.92. The fourth-order valence-electron chi connectivity index (χ4n) is 2.74. The Hall–Kier alpha value is -1.88. The molecule has 5 atom stereocenters. The Labute approximate surface area is 157 Å². The normalized spacial score (nSPS) is 28.3. The van der Waals surface area contributed by atoms with Crippen LogP contribution in [0.4, 0.5) is 0 Å². The van der Waals surface area contributed by atoms with Crippen LogP contribution in [0.1, 0.15) is 5.56 Å². The Morgan fingerprint density at radius 1 is 0.963 bits per heavy atom. The molecule has 0 spiro atoms. The van der Waals surface area contributed by atoms with Gasteiger partial charge in [0.1, 0.15) is 24.4 Å². The van der Waals surface area contributed by atoms with Crippen molar-refractivity contribution in [3.63, 3.8) is 0 Å². The summed E-state index contributed by atoms with van der Waals surface area (Å²) in [6, 6.07) is 3.51. The van der Waals surface area contributed by atoms with E-state index in [1.54, 1.807) is 24.3 Å². The van der Waals surface area contributed by atoms with E-state index in [2.05, 4.69) is 0 Å². The van der Waals surface area contributed by atoms with Gasteiger partial charge in [0, 0.05) is 0 Å². The second-order valence-corrected chi connectivity index (χ2v) is 5.89. The van der Waals surface area contributed by atoms with Crippen LogP contribution in [-0.4, -0.2) is 85.7 Å². The fraction of sp³-hybridized carbons (Fsp3) is 0.556. The SMILES string of the molecule is COc1cc(/C=C/CO[C@@H]2O[C@H](CO)[C@@H](O)[C@H](O)[C@H]2O)cc(OC)c1OC. The minimum Gasteiger partial charge on any atom is -0.493 e. The van der Waals surface area contributed by atoms with Crippen LogP contribution in [-0.2, 0) is 9.47 Å². The lowest BCUT2D eigenvalue weighted by atomic mass is 9.99. The molecule has 0 radical (unpaired) electrons. The highest BCUT2D eigenvalue weighted by molar-refractivity contribution is 5.62. The molecule has 0 aromatic heterocycles. The van der Waals surface area contributed by atoms with Gasteiger partial charge in [-0.1, -0.05) is 12.2 Å². The molecular formula is C18H26O9. The van der Waals surface area contributed by atoms with E-state index in [1.807, 2.05) is 0 Å². The van der Waals surface area contributed by atoms with E-state index in [-0.39, 0.29) is 6.61 Å². The van der Waals surface area contributed by atoms with Gasteiger partial charge in [-0.2, -0.15) is 0 Å². The number of hydrogen-bond acceptors (Lipinski definition) is 9. The fourth-order valence-corrected chi connectivity index (χ4v) is 2.74. The van der Waals surface area contributed by atoms with Crippen molar-refractivity contribution in [3.05, 3.63) is 23.8 Å². The highest BCUT2D eigenvalue weighted by atomic mass is 16.7. The number of aliphatic hydroxyl groups excluding tert-OH is 4. The van der Waals surface area contributed by atoms with Gasteiger partial charge < -0.3 is 44.1 Å². The third-order valence-electron chi connectivity index (χ3n) is 4.20. The van der Waals surface area contributed by atoms with Crippen molar-refractivity contribution >= 4 is 6.08 Å². The molecule has 9 heteroatoms. The number of aliphatic hydroxyl groups is 4. The summed E-state index contributed by atoms with van der Waals surface area (Å²) in [4.78, 5) is 0. The molecular weight excluding hydrogens is 360 g/mol. The maximum Gasteiger partial charge on any atom is 0.203 e. The van der Waals surface area contributed by atoms with Crippen molar-refractivity contribution in [2.75, 3.05) is 34.5 Å². The van der Waals surface area contributed by atoms with E-state index in [0.29, 0.717) is 17.2 Å². The first kappa shape index (κ1) is 21.4. The van der Waals surface area contributed by atoms with Gasteiger partial charge in [-0.25, -0.2) is 0 Å². The predicted molar refractivity (Wildman–Crippen MR) is 94.9 cm³/mol. The predicted octanol–water partition coefficient (Wildman–Crippen LogP) is -0.458. The minimum atomic E-state index is -1.47. The highest BCUT2D eigenvalue weighted by Gasteiger charge is 2.43. The monoisotopic (exact) mass is 386 g/mol. The number of benzene rings is 1. The molecule has 2 rings (SSSR count). The largest absolute Gasteiger partial charge is 0.493 e. The van der Waals surface area contributed by atoms with Gasteiger partial charge in [0.15, 0.2) is 17.8 Å². The van der Waals surface area contributed by atoms with Crippen LogP contribution >= 0.6 is 0 Å². The van der Waals surface area contributed by atoms with E-state index >= 15 is 0 Å². The van der Waals surface area contributed by atoms with Crippen molar-refractivity contribution in [2.24, 2.45) is 0 Å². The summed E-state index contributed by atoms with van der Waals surface area (Å²) >= 11 is 0. The van der Waals surface area contributed by atoms with Crippen molar-refractivity contribution in [1.29, 1.82) is 0 Å². The van der Waals surface area contributed by atoms with Gasteiger partial charge >= 0.3 is 0 Å². The molecule has 1 aromatic carbocycles. The molecule has 27 heavy (non-hydrogen) atoms. The average molecular weight is 386 g/mol. The van der Waals surface area contributed by atoms with E-state index < -0.39 is 37.3 Å². The second-order valence-electron chi connectivity index (χ2n) is 5.89. The quantitative estimate of drug-likeness (QED) is 0.469. The van der Waals surface area contributed by atoms with Gasteiger partial charge in [-0.15, -0.1) is 0 Å². The zero-order valence-electron chi connectivity index (χ0n) is 15.4. The molecule has 1 aliphatic rings. The van der Waals surface area contributed by atoms with E-state index in [0.717, 1.165) is 5.56 Å². The molecule has 1 aliphatic heterocycles. The molecule has 4 N–H and O–H groups in total. The molecule has 0 saturated carbocycles. The van der Waals surface area contributed by atoms with Crippen molar-refractivity contribution < 1.29 is 44.1 Å². The van der Waals surface area contributed by atoms with E-state index in [9.17, 15) is 15.3 Å². The molecule has 0 aliphatic carbocycles. The molecule has 0 unspecified atom stereocenters. The summed E-state index contributed by atoms with van der Waals surface area (Å²) in [5.41, 5.74) is 0.766. The number of rotatable bonds is 8. The molecule has 1 fully saturated rings. The highest BCUT2D eigenvalue weighted by Crippen LogP contribution is 2.38. The zero-order valence-corrected chi connectivity index (χ0v) is 15.4. The lowest BCUT2D eigenvalue weighted by Gasteiger charge is -2.39. The smallest absolute Gasteiger partial charge is 0.203 e. The van der Waals surface area contributed by atoms with Gasteiger partial charge in [-0.3, -0.25) is 0 Å². The lowest BCUT2D eigenvalue weighted by Crippen LogP contribution is -2.59. The summed E-state index contributed by atoms with van der Waals surface area (Å²) in [7, 11) is 4.56. The van der Waals surface area contributed by atoms with Crippen LogP contribution in [0.5, 0.6) is 17.2 Å². The van der Waals surface area contributed by atoms with Crippen LogP contribution in [0.15, 0.2) is 18.2 Å². The summed E-state index contributed by atoms with van der Waals surface area (Å²) in [5.74, 6) is 1.49. The number of methoxy groups -OCH3 is 3. The number of hydrogen-bond donors (Lipinski definition) is 4. The molecule has 9 nitrogen and oxygen atoms in total. The Balaban J connectivity index is 2.01. The summed E-state index contributed by atoms with van der Waals surface area (Å²) in [6.45, 7) is -0.453. The van der Waals surface area contributed by atoms with Crippen LogP contribution in [0.25, 0.3) is 6.08 Å². The summed E-state index contributed by atoms with van der Waals surface area (Å²) in [5, 5.41) is 38.6. The average Bonchev–Trinajstić information content (AvgIpc) is 2.69. The third-order valence-corrected chi connectivity index (χ3v) is 4.20. The summed E-state index contributed by atoms with van der Waals surface area (Å²) in [6.07, 6.45) is -3.09. The van der Waals surface area contributed by atoms with Crippen LogP contribution in [0, 0.1) is 0 Å². The molecule has 0 bridgehead atoms. The number of ether oxygens (including phenoxy) is 5. The first-order valence-electron chi connectivity index (χ1n) is 8.35. The first-order chi connectivity index (χ1) is 13.0. The van der Waals surface area contributed by atoms with Crippen molar-refractivity contribution in [2.45, 2.75) is 30.7 Å². The Morgan fingerprint density at radius 2 is 1.59 bits per heavy atom. The van der Waals surface area contributed by atoms with Crippen LogP contribution < -0.4 is 14.2 Å². The second kappa shape index (κ2) is 9.88. The van der Waals surface area contributed by atoms with Gasteiger partial charge in [0.25, 0.3) is 0 Å². The van der Waals surface area contributed by atoms with Crippen LogP contribution in [0.2, 0.25) is 0 Å². The molecule has 1 heterocycles. The van der Waals surface area contributed by atoms with Crippen LogP contribution in [0.3, 0.4) is 0 Å². The Bertz CT molecular complexity index is 606. The lowest BCUT2D eigenvalue weighted by molar-refractivity contribution is -0.298. The summed E-state index contributed by atoms with van der Waals surface area (Å²) < 4.78 is 26.5. The van der Waals surface area contributed by atoms with Crippen molar-refractivity contribution in [1.82, 2.24) is 0 Å². The minimum absolute atomic E-state index is 0.0549. The Morgan fingerprint density at radius 3 is 2.11 bits per heavy atom. The molecule has 1 saturated heterocycles. The van der Waals surface area contributed by atoms with E-state index in [4.69, 9.17) is 28.8 Å².